The van der Waals surface area contributed by atoms with E-state index < -0.39 is 0 Å². The summed E-state index contributed by atoms with van der Waals surface area (Å²) >= 11 is 3.48. The Morgan fingerprint density at radius 2 is 2.33 bits per heavy atom. The maximum absolute atomic E-state index is 6.04. The lowest BCUT2D eigenvalue weighted by Gasteiger charge is -2.43. The molecule has 3 nitrogen and oxygen atoms in total. The summed E-state index contributed by atoms with van der Waals surface area (Å²) in [5.74, 6) is 1.54. The average Bonchev–Trinajstić information content (AvgIpc) is 2.37. The first-order valence-electron chi connectivity index (χ1n) is 6.68. The van der Waals surface area contributed by atoms with Crippen LogP contribution in [-0.4, -0.2) is 17.1 Å². The third-order valence-corrected chi connectivity index (χ3v) is 5.07. The van der Waals surface area contributed by atoms with Crippen molar-refractivity contribution in [1.82, 2.24) is 4.98 Å². The van der Waals surface area contributed by atoms with E-state index in [0.29, 0.717) is 12.5 Å². The van der Waals surface area contributed by atoms with Crippen LogP contribution in [0.25, 0.3) is 0 Å². The minimum absolute atomic E-state index is 0.0194. The van der Waals surface area contributed by atoms with Crippen LogP contribution in [0.15, 0.2) is 16.7 Å². The van der Waals surface area contributed by atoms with Crippen molar-refractivity contribution in [2.75, 3.05) is 11.9 Å². The second kappa shape index (κ2) is 5.57. The van der Waals surface area contributed by atoms with Crippen molar-refractivity contribution < 1.29 is 0 Å². The molecular formula is C14H22BrN3. The zero-order valence-electron chi connectivity index (χ0n) is 11.2. The van der Waals surface area contributed by atoms with Gasteiger partial charge in [0.15, 0.2) is 0 Å². The zero-order chi connectivity index (χ0) is 13.2. The molecule has 0 spiro atoms. The molecule has 1 aromatic heterocycles. The molecule has 4 heteroatoms. The lowest BCUT2D eigenvalue weighted by atomic mass is 9.73. The first-order valence-corrected chi connectivity index (χ1v) is 7.47. The number of anilines is 1. The van der Waals surface area contributed by atoms with Gasteiger partial charge in [0.25, 0.3) is 0 Å². The Labute approximate surface area is 118 Å². The van der Waals surface area contributed by atoms with Crippen molar-refractivity contribution in [3.05, 3.63) is 22.3 Å². The molecule has 1 saturated carbocycles. The highest BCUT2D eigenvalue weighted by Crippen LogP contribution is 2.35. The summed E-state index contributed by atoms with van der Waals surface area (Å²) in [4.78, 5) is 4.45. The van der Waals surface area contributed by atoms with E-state index in [2.05, 4.69) is 46.1 Å². The molecule has 1 aliphatic carbocycles. The molecule has 2 rings (SSSR count). The second-order valence-corrected chi connectivity index (χ2v) is 6.31. The van der Waals surface area contributed by atoms with Gasteiger partial charge in [0, 0.05) is 17.2 Å². The topological polar surface area (TPSA) is 50.9 Å². The van der Waals surface area contributed by atoms with E-state index in [4.69, 9.17) is 5.73 Å². The fourth-order valence-electron chi connectivity index (χ4n) is 2.82. The van der Waals surface area contributed by atoms with Crippen molar-refractivity contribution in [2.45, 2.75) is 45.1 Å². The van der Waals surface area contributed by atoms with Gasteiger partial charge in [-0.1, -0.05) is 19.8 Å². The van der Waals surface area contributed by atoms with Crippen molar-refractivity contribution in [3.8, 4) is 0 Å². The summed E-state index contributed by atoms with van der Waals surface area (Å²) in [5, 5.41) is 3.60. The van der Waals surface area contributed by atoms with Crippen molar-refractivity contribution in [1.29, 1.82) is 0 Å². The van der Waals surface area contributed by atoms with Crippen LogP contribution in [0.3, 0.4) is 0 Å². The summed E-state index contributed by atoms with van der Waals surface area (Å²) in [6, 6.07) is 2.09. The molecule has 2 unspecified atom stereocenters. The van der Waals surface area contributed by atoms with E-state index in [1.54, 1.807) is 0 Å². The first-order chi connectivity index (χ1) is 8.57. The zero-order valence-corrected chi connectivity index (χ0v) is 12.8. The Kier molecular flexibility index (Phi) is 4.28. The SMILES string of the molecule is Cc1cc(NC2(CN)CCCCC2C)ncc1Br. The smallest absolute Gasteiger partial charge is 0.126 e. The third-order valence-electron chi connectivity index (χ3n) is 4.24. The summed E-state index contributed by atoms with van der Waals surface area (Å²) in [6.45, 7) is 5.05. The summed E-state index contributed by atoms with van der Waals surface area (Å²) in [7, 11) is 0. The Balaban J connectivity index is 2.21. The molecule has 18 heavy (non-hydrogen) atoms. The van der Waals surface area contributed by atoms with Crippen LogP contribution in [0.5, 0.6) is 0 Å². The highest BCUT2D eigenvalue weighted by molar-refractivity contribution is 9.10. The third kappa shape index (κ3) is 2.69. The molecule has 1 aliphatic rings. The van der Waals surface area contributed by atoms with Gasteiger partial charge in [-0.15, -0.1) is 0 Å². The highest BCUT2D eigenvalue weighted by atomic mass is 79.9. The van der Waals surface area contributed by atoms with Gasteiger partial charge in [-0.3, -0.25) is 0 Å². The molecule has 1 heterocycles. The normalized spacial score (nSPS) is 28.1. The van der Waals surface area contributed by atoms with E-state index in [9.17, 15) is 0 Å². The number of nitrogens with one attached hydrogen (secondary N) is 1. The fourth-order valence-corrected chi connectivity index (χ4v) is 3.03. The van der Waals surface area contributed by atoms with Gasteiger partial charge in [0.1, 0.15) is 5.82 Å². The van der Waals surface area contributed by atoms with Crippen molar-refractivity contribution in [3.63, 3.8) is 0 Å². The minimum Gasteiger partial charge on any atom is -0.363 e. The number of hydrogen-bond acceptors (Lipinski definition) is 3. The predicted octanol–water partition coefficient (Wildman–Crippen LogP) is 3.47. The van der Waals surface area contributed by atoms with E-state index in [1.165, 1.54) is 24.8 Å². The minimum atomic E-state index is 0.0194. The number of rotatable bonds is 3. The Hall–Kier alpha value is -0.610. The van der Waals surface area contributed by atoms with Gasteiger partial charge in [-0.25, -0.2) is 4.98 Å². The molecule has 0 amide bonds. The molecule has 1 aromatic rings. The van der Waals surface area contributed by atoms with E-state index in [-0.39, 0.29) is 5.54 Å². The van der Waals surface area contributed by atoms with Crippen LogP contribution >= 0.6 is 15.9 Å². The van der Waals surface area contributed by atoms with Crippen molar-refractivity contribution >= 4 is 21.7 Å². The Morgan fingerprint density at radius 3 is 2.94 bits per heavy atom. The summed E-state index contributed by atoms with van der Waals surface area (Å²) in [6.07, 6.45) is 6.82. The lowest BCUT2D eigenvalue weighted by Crippen LogP contribution is -2.52. The van der Waals surface area contributed by atoms with Gasteiger partial charge >= 0.3 is 0 Å². The van der Waals surface area contributed by atoms with Crippen LogP contribution in [0.4, 0.5) is 5.82 Å². The molecular weight excluding hydrogens is 290 g/mol. The largest absolute Gasteiger partial charge is 0.363 e. The molecule has 1 fully saturated rings. The van der Waals surface area contributed by atoms with Gasteiger partial charge in [-0.05, 0) is 53.2 Å². The molecule has 0 aromatic carbocycles. The van der Waals surface area contributed by atoms with Gasteiger partial charge < -0.3 is 11.1 Å². The van der Waals surface area contributed by atoms with Crippen LogP contribution < -0.4 is 11.1 Å². The molecule has 0 saturated heterocycles. The molecule has 0 radical (unpaired) electrons. The van der Waals surface area contributed by atoms with E-state index in [0.717, 1.165) is 16.7 Å². The van der Waals surface area contributed by atoms with Crippen LogP contribution in [0.2, 0.25) is 0 Å². The molecule has 0 aliphatic heterocycles. The van der Waals surface area contributed by atoms with Crippen LogP contribution in [0, 0.1) is 12.8 Å². The second-order valence-electron chi connectivity index (χ2n) is 5.45. The monoisotopic (exact) mass is 311 g/mol. The number of pyridine rings is 1. The molecule has 3 N–H and O–H groups in total. The van der Waals surface area contributed by atoms with E-state index in [1.807, 2.05) is 6.20 Å². The van der Waals surface area contributed by atoms with Crippen molar-refractivity contribution in [2.24, 2.45) is 11.7 Å². The Bertz CT molecular complexity index is 422. The fraction of sp³-hybridized carbons (Fsp3) is 0.643. The van der Waals surface area contributed by atoms with Gasteiger partial charge in [-0.2, -0.15) is 0 Å². The highest BCUT2D eigenvalue weighted by Gasteiger charge is 2.37. The Morgan fingerprint density at radius 1 is 1.56 bits per heavy atom. The number of aryl methyl sites for hydroxylation is 1. The number of nitrogens with zero attached hydrogens (tertiary/aromatic N) is 1. The molecule has 0 bridgehead atoms. The lowest BCUT2D eigenvalue weighted by molar-refractivity contribution is 0.235. The molecule has 100 valence electrons. The number of aromatic nitrogens is 1. The maximum Gasteiger partial charge on any atom is 0.126 e. The van der Waals surface area contributed by atoms with Gasteiger partial charge in [0.05, 0.1) is 5.54 Å². The number of nitrogens with two attached hydrogens (primary N) is 1. The first kappa shape index (κ1) is 13.8. The average molecular weight is 312 g/mol. The van der Waals surface area contributed by atoms with E-state index >= 15 is 0 Å². The van der Waals surface area contributed by atoms with Gasteiger partial charge in [0.2, 0.25) is 0 Å². The maximum atomic E-state index is 6.04. The summed E-state index contributed by atoms with van der Waals surface area (Å²) in [5.41, 5.74) is 7.26. The number of hydrogen-bond donors (Lipinski definition) is 2. The standard InChI is InChI=1S/C14H22BrN3/c1-10-7-13(17-8-12(10)15)18-14(9-16)6-4-3-5-11(14)2/h7-8,11H,3-6,9,16H2,1-2H3,(H,17,18). The van der Waals surface area contributed by atoms with Crippen LogP contribution in [0.1, 0.15) is 38.2 Å². The predicted molar refractivity (Wildman–Crippen MR) is 79.7 cm³/mol. The number of halogens is 1. The molecule has 2 atom stereocenters. The van der Waals surface area contributed by atoms with Crippen LogP contribution in [-0.2, 0) is 0 Å². The quantitative estimate of drug-likeness (QED) is 0.898. The summed E-state index contributed by atoms with van der Waals surface area (Å²) < 4.78 is 1.05.